The second-order valence-corrected chi connectivity index (χ2v) is 5.52. The van der Waals surface area contributed by atoms with Crippen molar-refractivity contribution in [2.75, 3.05) is 18.8 Å². The SMILES string of the molecule is CSc1cc(SC)c(C[S])c(SC)c1. The maximum absolute atomic E-state index is 5.17. The van der Waals surface area contributed by atoms with Gasteiger partial charge >= 0.3 is 0 Å². The Morgan fingerprint density at radius 1 is 1.00 bits per heavy atom. The quantitative estimate of drug-likeness (QED) is 0.730. The molecule has 0 nitrogen and oxygen atoms in total. The minimum atomic E-state index is 0.709. The Morgan fingerprint density at radius 2 is 1.50 bits per heavy atom. The Balaban J connectivity index is 3.24. The fourth-order valence-electron chi connectivity index (χ4n) is 1.22. The van der Waals surface area contributed by atoms with Crippen molar-refractivity contribution in [3.63, 3.8) is 0 Å². The fraction of sp³-hybridized carbons (Fsp3) is 0.400. The minimum Gasteiger partial charge on any atom is -0.130 e. The molecule has 4 heteroatoms. The summed E-state index contributed by atoms with van der Waals surface area (Å²) in [5, 5.41) is 0. The number of benzene rings is 1. The minimum absolute atomic E-state index is 0.709. The van der Waals surface area contributed by atoms with E-state index in [1.165, 1.54) is 20.2 Å². The third kappa shape index (κ3) is 2.81. The van der Waals surface area contributed by atoms with Gasteiger partial charge in [-0.05, 0) is 36.5 Å². The molecule has 0 unspecified atom stereocenters. The van der Waals surface area contributed by atoms with Crippen molar-refractivity contribution in [2.45, 2.75) is 20.4 Å². The van der Waals surface area contributed by atoms with E-state index in [0.717, 1.165) is 0 Å². The van der Waals surface area contributed by atoms with Crippen molar-refractivity contribution in [3.8, 4) is 0 Å². The van der Waals surface area contributed by atoms with Crippen molar-refractivity contribution in [1.29, 1.82) is 0 Å². The van der Waals surface area contributed by atoms with E-state index in [1.807, 2.05) is 0 Å². The molecule has 0 aliphatic carbocycles. The van der Waals surface area contributed by atoms with E-state index < -0.39 is 0 Å². The summed E-state index contributed by atoms with van der Waals surface area (Å²) in [6, 6.07) is 4.47. The molecule has 0 N–H and O–H groups in total. The van der Waals surface area contributed by atoms with E-state index in [0.29, 0.717) is 5.75 Å². The highest BCUT2D eigenvalue weighted by molar-refractivity contribution is 8.00. The molecule has 1 rings (SSSR count). The number of rotatable bonds is 4. The van der Waals surface area contributed by atoms with E-state index in [4.69, 9.17) is 12.6 Å². The van der Waals surface area contributed by atoms with Crippen LogP contribution in [0.25, 0.3) is 0 Å². The molecule has 0 aromatic heterocycles. The molecular formula is C10H13S4. The Kier molecular flexibility index (Phi) is 5.67. The van der Waals surface area contributed by atoms with Gasteiger partial charge in [0.1, 0.15) is 0 Å². The van der Waals surface area contributed by atoms with Gasteiger partial charge in [0, 0.05) is 20.4 Å². The van der Waals surface area contributed by atoms with E-state index in [1.54, 1.807) is 35.3 Å². The van der Waals surface area contributed by atoms with Gasteiger partial charge in [-0.3, -0.25) is 0 Å². The summed E-state index contributed by atoms with van der Waals surface area (Å²) in [6.07, 6.45) is 6.33. The lowest BCUT2D eigenvalue weighted by molar-refractivity contribution is 1.12. The third-order valence-electron chi connectivity index (χ3n) is 1.96. The van der Waals surface area contributed by atoms with Gasteiger partial charge in [-0.25, -0.2) is 0 Å². The standard InChI is InChI=1S/C10H13S4/c1-12-7-4-9(13-2)8(6-11)10(5-7)14-3/h4-5H,6H2,1-3H3. The molecule has 0 spiro atoms. The van der Waals surface area contributed by atoms with E-state index in [9.17, 15) is 0 Å². The molecule has 1 radical (unpaired) electrons. The van der Waals surface area contributed by atoms with Crippen molar-refractivity contribution >= 4 is 47.9 Å². The topological polar surface area (TPSA) is 0 Å². The zero-order chi connectivity index (χ0) is 10.6. The fourth-order valence-corrected chi connectivity index (χ4v) is 3.75. The van der Waals surface area contributed by atoms with Crippen LogP contribution in [0.15, 0.2) is 26.8 Å². The first-order valence-electron chi connectivity index (χ1n) is 4.13. The van der Waals surface area contributed by atoms with Crippen LogP contribution in [0, 0.1) is 0 Å². The molecule has 0 bridgehead atoms. The number of hydrogen-bond donors (Lipinski definition) is 0. The van der Waals surface area contributed by atoms with Crippen LogP contribution in [0.2, 0.25) is 0 Å². The Bertz CT molecular complexity index is 284. The van der Waals surface area contributed by atoms with Crippen LogP contribution >= 0.6 is 47.9 Å². The Hall–Kier alpha value is 0.620. The van der Waals surface area contributed by atoms with Crippen molar-refractivity contribution in [2.24, 2.45) is 0 Å². The Morgan fingerprint density at radius 3 is 1.79 bits per heavy atom. The molecule has 0 amide bonds. The third-order valence-corrected chi connectivity index (χ3v) is 4.57. The summed E-state index contributed by atoms with van der Waals surface area (Å²) in [5.74, 6) is 0.709. The molecule has 0 fully saturated rings. The first kappa shape index (κ1) is 12.7. The molecule has 0 heterocycles. The lowest BCUT2D eigenvalue weighted by atomic mass is 10.2. The molecule has 1 aromatic rings. The monoisotopic (exact) mass is 261 g/mol. The smallest absolute Gasteiger partial charge is 0.0311 e. The van der Waals surface area contributed by atoms with Gasteiger partial charge in [0.25, 0.3) is 0 Å². The lowest BCUT2D eigenvalue weighted by Crippen LogP contribution is -1.89. The van der Waals surface area contributed by atoms with Gasteiger partial charge in [-0.15, -0.1) is 35.3 Å². The molecular weight excluding hydrogens is 248 g/mol. The second-order valence-electron chi connectivity index (χ2n) is 2.65. The van der Waals surface area contributed by atoms with Crippen LogP contribution < -0.4 is 0 Å². The summed E-state index contributed by atoms with van der Waals surface area (Å²) in [7, 11) is 0. The molecule has 0 atom stereocenters. The van der Waals surface area contributed by atoms with Crippen LogP contribution in [-0.4, -0.2) is 18.8 Å². The van der Waals surface area contributed by atoms with Gasteiger partial charge < -0.3 is 0 Å². The highest BCUT2D eigenvalue weighted by Gasteiger charge is 2.08. The lowest BCUT2D eigenvalue weighted by Gasteiger charge is -2.11. The summed E-state index contributed by atoms with van der Waals surface area (Å²) in [6.45, 7) is 0. The van der Waals surface area contributed by atoms with Crippen LogP contribution in [0.1, 0.15) is 5.56 Å². The predicted octanol–water partition coefficient (Wildman–Crippen LogP) is 4.55. The maximum atomic E-state index is 5.17. The maximum Gasteiger partial charge on any atom is 0.0311 e. The highest BCUT2D eigenvalue weighted by Crippen LogP contribution is 2.34. The number of hydrogen-bond acceptors (Lipinski definition) is 3. The zero-order valence-electron chi connectivity index (χ0n) is 8.49. The normalized spacial score (nSPS) is 10.6. The second kappa shape index (κ2) is 6.26. The van der Waals surface area contributed by atoms with Gasteiger partial charge in [0.05, 0.1) is 0 Å². The first-order chi connectivity index (χ1) is 6.76. The van der Waals surface area contributed by atoms with Crippen LogP contribution in [0.3, 0.4) is 0 Å². The van der Waals surface area contributed by atoms with E-state index in [-0.39, 0.29) is 0 Å². The van der Waals surface area contributed by atoms with Gasteiger partial charge in [0.2, 0.25) is 0 Å². The van der Waals surface area contributed by atoms with Crippen LogP contribution in [0.4, 0.5) is 0 Å². The molecule has 1 aromatic carbocycles. The largest absolute Gasteiger partial charge is 0.130 e. The van der Waals surface area contributed by atoms with Gasteiger partial charge in [-0.2, -0.15) is 0 Å². The first-order valence-corrected chi connectivity index (χ1v) is 8.39. The van der Waals surface area contributed by atoms with Crippen LogP contribution in [0.5, 0.6) is 0 Å². The van der Waals surface area contributed by atoms with Gasteiger partial charge in [-0.1, -0.05) is 12.6 Å². The van der Waals surface area contributed by atoms with Gasteiger partial charge in [0.15, 0.2) is 0 Å². The van der Waals surface area contributed by atoms with Crippen LogP contribution in [-0.2, 0) is 5.75 Å². The number of thioether (sulfide) groups is 3. The van der Waals surface area contributed by atoms with Crippen molar-refractivity contribution < 1.29 is 0 Å². The summed E-state index contributed by atoms with van der Waals surface area (Å²) < 4.78 is 0. The zero-order valence-corrected chi connectivity index (χ0v) is 11.8. The molecule has 14 heavy (non-hydrogen) atoms. The summed E-state index contributed by atoms with van der Waals surface area (Å²) in [4.78, 5) is 3.98. The molecule has 0 saturated carbocycles. The van der Waals surface area contributed by atoms with E-state index in [2.05, 4.69) is 30.9 Å². The van der Waals surface area contributed by atoms with Crippen molar-refractivity contribution in [3.05, 3.63) is 17.7 Å². The van der Waals surface area contributed by atoms with E-state index >= 15 is 0 Å². The molecule has 77 valence electrons. The molecule has 0 aliphatic heterocycles. The summed E-state index contributed by atoms with van der Waals surface area (Å²) in [5.41, 5.74) is 1.32. The average molecular weight is 261 g/mol. The molecule has 0 aliphatic rings. The summed E-state index contributed by atoms with van der Waals surface area (Å²) >= 11 is 10.5. The molecule has 0 saturated heterocycles. The van der Waals surface area contributed by atoms with Crippen molar-refractivity contribution in [1.82, 2.24) is 0 Å². The highest BCUT2D eigenvalue weighted by atomic mass is 32.2. The predicted molar refractivity (Wildman–Crippen MR) is 73.1 cm³/mol. The Labute approximate surface area is 104 Å². The average Bonchev–Trinajstić information content (AvgIpc) is 2.26.